The molecule has 0 unspecified atom stereocenters. The third kappa shape index (κ3) is 2.77. The van der Waals surface area contributed by atoms with Gasteiger partial charge in [-0.15, -0.1) is 0 Å². The van der Waals surface area contributed by atoms with Gasteiger partial charge in [0.2, 0.25) is 5.91 Å². The first-order valence-electron chi connectivity index (χ1n) is 6.09. The lowest BCUT2D eigenvalue weighted by Crippen LogP contribution is -2.03. The predicted molar refractivity (Wildman–Crippen MR) is 75.6 cm³/mol. The molecule has 1 amide bonds. The number of fused-ring (bicyclic) bond motifs is 1. The highest BCUT2D eigenvalue weighted by Gasteiger charge is 2.17. The average Bonchev–Trinajstić information content (AvgIpc) is 2.69. The normalized spacial score (nSPS) is 14.7. The quantitative estimate of drug-likeness (QED) is 0.801. The molecule has 0 saturated heterocycles. The minimum atomic E-state index is 0.0810. The van der Waals surface area contributed by atoms with Crippen LogP contribution in [0.3, 0.4) is 0 Å². The van der Waals surface area contributed by atoms with Gasteiger partial charge in [0.15, 0.2) is 0 Å². The summed E-state index contributed by atoms with van der Waals surface area (Å²) in [6.45, 7) is 5.73. The number of rotatable bonds is 4. The molecule has 0 fully saturated rings. The standard InChI is InChI=1S/C16H17NO/c1-3-5-12(6-4-2)9-13-7-8-15-14(10-13)11-16(18)17-15/h3-8,10H,1,9,11H2,2H3,(H,17,18)/b6-4-,12-5+. The fraction of sp³-hybridized carbons (Fsp3) is 0.188. The topological polar surface area (TPSA) is 29.1 Å². The molecule has 18 heavy (non-hydrogen) atoms. The zero-order valence-corrected chi connectivity index (χ0v) is 10.6. The van der Waals surface area contributed by atoms with Crippen molar-refractivity contribution >= 4 is 11.6 Å². The molecule has 0 aliphatic carbocycles. The number of carbonyl (C=O) groups is 1. The predicted octanol–water partition coefficient (Wildman–Crippen LogP) is 3.41. The maximum Gasteiger partial charge on any atom is 0.228 e. The van der Waals surface area contributed by atoms with Gasteiger partial charge in [0.1, 0.15) is 0 Å². The zero-order chi connectivity index (χ0) is 13.0. The number of nitrogens with one attached hydrogen (secondary N) is 1. The van der Waals surface area contributed by atoms with Gasteiger partial charge in [0.25, 0.3) is 0 Å². The van der Waals surface area contributed by atoms with Gasteiger partial charge in [-0.1, -0.05) is 43.0 Å². The first-order chi connectivity index (χ1) is 8.72. The molecular weight excluding hydrogens is 222 g/mol. The molecule has 0 saturated carbocycles. The van der Waals surface area contributed by atoms with E-state index in [1.165, 1.54) is 11.1 Å². The minimum Gasteiger partial charge on any atom is -0.326 e. The van der Waals surface area contributed by atoms with E-state index in [0.717, 1.165) is 17.7 Å². The highest BCUT2D eigenvalue weighted by molar-refractivity contribution is 5.99. The maximum atomic E-state index is 11.3. The number of allylic oxidation sites excluding steroid dienone is 5. The Kier molecular flexibility index (Phi) is 3.78. The van der Waals surface area contributed by atoms with Gasteiger partial charge in [-0.25, -0.2) is 0 Å². The monoisotopic (exact) mass is 239 g/mol. The highest BCUT2D eigenvalue weighted by Crippen LogP contribution is 2.25. The maximum absolute atomic E-state index is 11.3. The third-order valence-electron chi connectivity index (χ3n) is 2.92. The van der Waals surface area contributed by atoms with E-state index in [-0.39, 0.29) is 5.91 Å². The van der Waals surface area contributed by atoms with Gasteiger partial charge in [-0.2, -0.15) is 0 Å². The van der Waals surface area contributed by atoms with Crippen LogP contribution in [0, 0.1) is 0 Å². The number of hydrogen-bond acceptors (Lipinski definition) is 1. The summed E-state index contributed by atoms with van der Waals surface area (Å²) < 4.78 is 0. The van der Waals surface area contributed by atoms with Crippen LogP contribution < -0.4 is 5.32 Å². The second kappa shape index (κ2) is 5.50. The fourth-order valence-corrected chi connectivity index (χ4v) is 2.17. The summed E-state index contributed by atoms with van der Waals surface area (Å²) in [6, 6.07) is 6.15. The van der Waals surface area contributed by atoms with Crippen molar-refractivity contribution in [1.29, 1.82) is 0 Å². The van der Waals surface area contributed by atoms with Gasteiger partial charge < -0.3 is 5.32 Å². The first-order valence-corrected chi connectivity index (χ1v) is 6.09. The fourth-order valence-electron chi connectivity index (χ4n) is 2.17. The van der Waals surface area contributed by atoms with Gasteiger partial charge in [0.05, 0.1) is 6.42 Å². The summed E-state index contributed by atoms with van der Waals surface area (Å²) in [5.41, 5.74) is 4.47. The Bertz CT molecular complexity index is 538. The molecule has 0 bridgehead atoms. The molecule has 2 nitrogen and oxygen atoms in total. The molecule has 0 atom stereocenters. The molecule has 1 aromatic rings. The Hall–Kier alpha value is -2.09. The summed E-state index contributed by atoms with van der Waals surface area (Å²) in [6.07, 6.45) is 9.27. The van der Waals surface area contributed by atoms with Crippen molar-refractivity contribution in [3.8, 4) is 0 Å². The van der Waals surface area contributed by atoms with Crippen molar-refractivity contribution in [2.24, 2.45) is 0 Å². The Morgan fingerprint density at radius 1 is 1.50 bits per heavy atom. The van der Waals surface area contributed by atoms with E-state index in [1.54, 1.807) is 6.08 Å². The van der Waals surface area contributed by atoms with Crippen molar-refractivity contribution in [2.75, 3.05) is 5.32 Å². The molecule has 0 radical (unpaired) electrons. The van der Waals surface area contributed by atoms with Crippen LogP contribution in [-0.4, -0.2) is 5.91 Å². The highest BCUT2D eigenvalue weighted by atomic mass is 16.1. The Labute approximate surface area is 108 Å². The van der Waals surface area contributed by atoms with Crippen molar-refractivity contribution < 1.29 is 4.79 Å². The average molecular weight is 239 g/mol. The molecule has 1 aliphatic heterocycles. The second-order valence-corrected chi connectivity index (χ2v) is 4.37. The summed E-state index contributed by atoms with van der Waals surface area (Å²) in [5.74, 6) is 0.0810. The molecule has 1 heterocycles. The third-order valence-corrected chi connectivity index (χ3v) is 2.92. The van der Waals surface area contributed by atoms with Crippen LogP contribution in [0.2, 0.25) is 0 Å². The van der Waals surface area contributed by atoms with E-state index in [0.29, 0.717) is 6.42 Å². The lowest BCUT2D eigenvalue weighted by molar-refractivity contribution is -0.115. The minimum absolute atomic E-state index is 0.0810. The SMILES string of the molecule is C=C/C=C(\C=C/C)Cc1ccc2c(c1)CC(=O)N2. The second-order valence-electron chi connectivity index (χ2n) is 4.37. The van der Waals surface area contributed by atoms with Gasteiger partial charge >= 0.3 is 0 Å². The van der Waals surface area contributed by atoms with E-state index >= 15 is 0 Å². The van der Waals surface area contributed by atoms with E-state index in [4.69, 9.17) is 0 Å². The Morgan fingerprint density at radius 3 is 3.06 bits per heavy atom. The summed E-state index contributed by atoms with van der Waals surface area (Å²) in [5, 5.41) is 2.84. The van der Waals surface area contributed by atoms with Crippen molar-refractivity contribution in [1.82, 2.24) is 0 Å². The van der Waals surface area contributed by atoms with E-state index in [9.17, 15) is 4.79 Å². The number of amides is 1. The molecule has 2 heteroatoms. The van der Waals surface area contributed by atoms with Gasteiger partial charge in [-0.05, 0) is 36.1 Å². The van der Waals surface area contributed by atoms with Gasteiger partial charge in [-0.3, -0.25) is 4.79 Å². The van der Waals surface area contributed by atoms with Crippen LogP contribution in [0.5, 0.6) is 0 Å². The summed E-state index contributed by atoms with van der Waals surface area (Å²) >= 11 is 0. The van der Waals surface area contributed by atoms with E-state index < -0.39 is 0 Å². The molecule has 92 valence electrons. The van der Waals surface area contributed by atoms with E-state index in [1.807, 2.05) is 25.1 Å². The molecular formula is C16H17NO. The van der Waals surface area contributed by atoms with Crippen LogP contribution in [0.15, 0.2) is 54.7 Å². The number of carbonyl (C=O) groups excluding carboxylic acids is 1. The van der Waals surface area contributed by atoms with Crippen LogP contribution >= 0.6 is 0 Å². The Morgan fingerprint density at radius 2 is 2.33 bits per heavy atom. The number of benzene rings is 1. The zero-order valence-electron chi connectivity index (χ0n) is 10.6. The van der Waals surface area contributed by atoms with E-state index in [2.05, 4.69) is 30.1 Å². The number of anilines is 1. The largest absolute Gasteiger partial charge is 0.326 e. The summed E-state index contributed by atoms with van der Waals surface area (Å²) in [4.78, 5) is 11.3. The van der Waals surface area contributed by atoms with Crippen molar-refractivity contribution in [2.45, 2.75) is 19.8 Å². The molecule has 0 spiro atoms. The molecule has 2 rings (SSSR count). The van der Waals surface area contributed by atoms with Crippen LogP contribution in [0.1, 0.15) is 18.1 Å². The van der Waals surface area contributed by atoms with Crippen molar-refractivity contribution in [3.63, 3.8) is 0 Å². The van der Waals surface area contributed by atoms with Crippen LogP contribution in [0.4, 0.5) is 5.69 Å². The molecule has 1 N–H and O–H groups in total. The first kappa shape index (κ1) is 12.4. The molecule has 1 aliphatic rings. The molecule has 0 aromatic heterocycles. The van der Waals surface area contributed by atoms with Crippen LogP contribution in [0.25, 0.3) is 0 Å². The summed E-state index contributed by atoms with van der Waals surface area (Å²) in [7, 11) is 0. The van der Waals surface area contributed by atoms with Crippen LogP contribution in [-0.2, 0) is 17.6 Å². The smallest absolute Gasteiger partial charge is 0.228 e. The number of hydrogen-bond donors (Lipinski definition) is 1. The lowest BCUT2D eigenvalue weighted by atomic mass is 10.0. The lowest BCUT2D eigenvalue weighted by Gasteiger charge is -2.05. The Balaban J connectivity index is 2.20. The van der Waals surface area contributed by atoms with Crippen molar-refractivity contribution in [3.05, 3.63) is 65.8 Å². The van der Waals surface area contributed by atoms with Gasteiger partial charge in [0, 0.05) is 5.69 Å². The molecule has 1 aromatic carbocycles.